The first-order valence-corrected chi connectivity index (χ1v) is 4.67. The second-order valence-corrected chi connectivity index (χ2v) is 3.94. The molecule has 2 rings (SSSR count). The zero-order valence-electron chi connectivity index (χ0n) is 7.23. The third-order valence-electron chi connectivity index (χ3n) is 1.85. The predicted molar refractivity (Wildman–Crippen MR) is 53.8 cm³/mol. The zero-order valence-corrected chi connectivity index (χ0v) is 8.05. The molecule has 0 aliphatic carbocycles. The van der Waals surface area contributed by atoms with Crippen molar-refractivity contribution in [1.82, 2.24) is 4.98 Å². The normalized spacial score (nSPS) is 10.6. The van der Waals surface area contributed by atoms with Crippen molar-refractivity contribution in [2.24, 2.45) is 0 Å². The fourth-order valence-corrected chi connectivity index (χ4v) is 2.17. The number of H-pyrrole nitrogens is 1. The van der Waals surface area contributed by atoms with Crippen LogP contribution in [0.5, 0.6) is 0 Å². The number of aromatic amines is 1. The minimum Gasteiger partial charge on any atom is -0.307 e. The van der Waals surface area contributed by atoms with Gasteiger partial charge in [0.15, 0.2) is 0 Å². The molecule has 0 unspecified atom stereocenters. The number of rotatable bonds is 1. The Morgan fingerprint density at radius 2 is 2.21 bits per heavy atom. The molecule has 2 aromatic rings. The van der Waals surface area contributed by atoms with Gasteiger partial charge in [-0.25, -0.2) is 0 Å². The molecule has 0 atom stereocenters. The van der Waals surface area contributed by atoms with Crippen LogP contribution >= 0.6 is 11.3 Å². The van der Waals surface area contributed by atoms with Crippen molar-refractivity contribution in [2.45, 2.75) is 6.92 Å². The number of benzene rings is 1. The highest BCUT2D eigenvalue weighted by molar-refractivity contribution is 7.16. The first kappa shape index (κ1) is 8.89. The van der Waals surface area contributed by atoms with E-state index in [0.717, 1.165) is 16.9 Å². The van der Waals surface area contributed by atoms with Crippen molar-refractivity contribution in [1.29, 1.82) is 0 Å². The van der Waals surface area contributed by atoms with E-state index < -0.39 is 4.92 Å². The van der Waals surface area contributed by atoms with Crippen LogP contribution in [-0.2, 0) is 0 Å². The predicted octanol–water partition coefficient (Wildman–Crippen LogP) is 1.81. The molecule has 0 spiro atoms. The quantitative estimate of drug-likeness (QED) is 0.576. The van der Waals surface area contributed by atoms with E-state index in [2.05, 4.69) is 4.98 Å². The average molecular weight is 210 g/mol. The summed E-state index contributed by atoms with van der Waals surface area (Å²) in [6.07, 6.45) is 0. The lowest BCUT2D eigenvalue weighted by Gasteiger charge is -1.95. The molecule has 0 radical (unpaired) electrons. The fourth-order valence-electron chi connectivity index (χ4n) is 1.31. The summed E-state index contributed by atoms with van der Waals surface area (Å²) >= 11 is 0.982. The first-order chi connectivity index (χ1) is 6.58. The molecule has 5 nitrogen and oxygen atoms in total. The van der Waals surface area contributed by atoms with Crippen LogP contribution in [0.2, 0.25) is 0 Å². The summed E-state index contributed by atoms with van der Waals surface area (Å²) in [6, 6.07) is 3.20. The van der Waals surface area contributed by atoms with Crippen LogP contribution in [0.3, 0.4) is 0 Å². The summed E-state index contributed by atoms with van der Waals surface area (Å²) in [5, 5.41) is 10.7. The van der Waals surface area contributed by atoms with Gasteiger partial charge in [0.05, 0.1) is 9.62 Å². The van der Waals surface area contributed by atoms with Crippen molar-refractivity contribution in [2.75, 3.05) is 0 Å². The molecule has 1 aromatic carbocycles. The number of hydrogen-bond donors (Lipinski definition) is 1. The number of aryl methyl sites for hydroxylation is 1. The molecule has 6 heteroatoms. The Balaban J connectivity index is 2.92. The average Bonchev–Trinajstić information content (AvgIpc) is 2.42. The monoisotopic (exact) mass is 210 g/mol. The molecule has 1 heterocycles. The van der Waals surface area contributed by atoms with Crippen molar-refractivity contribution in [3.63, 3.8) is 0 Å². The Morgan fingerprint density at radius 3 is 2.86 bits per heavy atom. The molecule has 0 aliphatic heterocycles. The SMILES string of the molecule is Cc1cc([N+](=O)[O-])c2[nH]c(=O)sc2c1. The van der Waals surface area contributed by atoms with Gasteiger partial charge in [0.1, 0.15) is 5.52 Å². The molecular formula is C8H6N2O3S. The molecule has 0 saturated heterocycles. The summed E-state index contributed by atoms with van der Waals surface area (Å²) in [7, 11) is 0. The lowest BCUT2D eigenvalue weighted by atomic mass is 10.2. The third-order valence-corrected chi connectivity index (χ3v) is 2.68. The molecule has 0 bridgehead atoms. The van der Waals surface area contributed by atoms with Crippen LogP contribution < -0.4 is 4.87 Å². The molecule has 72 valence electrons. The summed E-state index contributed by atoms with van der Waals surface area (Å²) < 4.78 is 0.627. The van der Waals surface area contributed by atoms with Crippen LogP contribution in [0.25, 0.3) is 10.2 Å². The van der Waals surface area contributed by atoms with E-state index in [1.807, 2.05) is 0 Å². The summed E-state index contributed by atoms with van der Waals surface area (Å²) in [5.74, 6) is 0. The first-order valence-electron chi connectivity index (χ1n) is 3.86. The second-order valence-electron chi connectivity index (χ2n) is 2.93. The van der Waals surface area contributed by atoms with Crippen LogP contribution in [0, 0.1) is 17.0 Å². The van der Waals surface area contributed by atoms with Gasteiger partial charge >= 0.3 is 4.87 Å². The smallest absolute Gasteiger partial charge is 0.305 e. The highest BCUT2D eigenvalue weighted by atomic mass is 32.1. The number of non-ortho nitro benzene ring substituents is 1. The second kappa shape index (κ2) is 2.91. The van der Waals surface area contributed by atoms with Crippen LogP contribution in [0.1, 0.15) is 5.56 Å². The Bertz CT molecular complexity index is 569. The number of nitrogens with one attached hydrogen (secondary N) is 1. The maximum Gasteiger partial charge on any atom is 0.305 e. The van der Waals surface area contributed by atoms with Gasteiger partial charge in [0.25, 0.3) is 5.69 Å². The lowest BCUT2D eigenvalue weighted by molar-refractivity contribution is -0.383. The van der Waals surface area contributed by atoms with E-state index in [9.17, 15) is 14.9 Å². The molecule has 0 aliphatic rings. The lowest BCUT2D eigenvalue weighted by Crippen LogP contribution is -1.94. The Kier molecular flexibility index (Phi) is 1.85. The number of thiazole rings is 1. The summed E-state index contributed by atoms with van der Waals surface area (Å²) in [4.78, 5) is 23.4. The largest absolute Gasteiger partial charge is 0.307 e. The Morgan fingerprint density at radius 1 is 1.50 bits per heavy atom. The summed E-state index contributed by atoms with van der Waals surface area (Å²) in [5.41, 5.74) is 1.05. The molecule has 0 fully saturated rings. The van der Waals surface area contributed by atoms with E-state index in [-0.39, 0.29) is 10.6 Å². The van der Waals surface area contributed by atoms with Crippen LogP contribution in [-0.4, -0.2) is 9.91 Å². The van der Waals surface area contributed by atoms with Crippen molar-refractivity contribution in [3.8, 4) is 0 Å². The topological polar surface area (TPSA) is 76.0 Å². The molecular weight excluding hydrogens is 204 g/mol. The number of hydrogen-bond acceptors (Lipinski definition) is 4. The van der Waals surface area contributed by atoms with Gasteiger partial charge in [-0.05, 0) is 18.6 Å². The van der Waals surface area contributed by atoms with E-state index >= 15 is 0 Å². The Hall–Kier alpha value is -1.69. The third kappa shape index (κ3) is 1.29. The van der Waals surface area contributed by atoms with Crippen molar-refractivity contribution in [3.05, 3.63) is 37.5 Å². The Labute approximate surface area is 82.2 Å². The number of nitro benzene ring substituents is 1. The van der Waals surface area contributed by atoms with E-state index in [0.29, 0.717) is 10.2 Å². The van der Waals surface area contributed by atoms with Crippen molar-refractivity contribution < 1.29 is 4.92 Å². The highest BCUT2D eigenvalue weighted by Gasteiger charge is 2.15. The van der Waals surface area contributed by atoms with Gasteiger partial charge < -0.3 is 4.98 Å². The fraction of sp³-hybridized carbons (Fsp3) is 0.125. The maximum atomic E-state index is 11.0. The number of aromatic nitrogens is 1. The minimum atomic E-state index is -0.488. The van der Waals surface area contributed by atoms with Gasteiger partial charge in [-0.2, -0.15) is 0 Å². The van der Waals surface area contributed by atoms with Gasteiger partial charge in [0.2, 0.25) is 0 Å². The minimum absolute atomic E-state index is 0.0432. The number of nitrogens with zero attached hydrogens (tertiary/aromatic N) is 1. The number of nitro groups is 1. The molecule has 0 saturated carbocycles. The number of fused-ring (bicyclic) bond motifs is 1. The zero-order chi connectivity index (χ0) is 10.3. The van der Waals surface area contributed by atoms with Crippen LogP contribution in [0.15, 0.2) is 16.9 Å². The molecule has 1 aromatic heterocycles. The van der Waals surface area contributed by atoms with Gasteiger partial charge in [-0.3, -0.25) is 14.9 Å². The molecule has 0 amide bonds. The van der Waals surface area contributed by atoms with Gasteiger partial charge in [0, 0.05) is 6.07 Å². The molecule has 14 heavy (non-hydrogen) atoms. The highest BCUT2D eigenvalue weighted by Crippen LogP contribution is 2.26. The summed E-state index contributed by atoms with van der Waals surface area (Å²) in [6.45, 7) is 1.76. The maximum absolute atomic E-state index is 11.0. The van der Waals surface area contributed by atoms with E-state index in [1.165, 1.54) is 6.07 Å². The van der Waals surface area contributed by atoms with Gasteiger partial charge in [-0.15, -0.1) is 0 Å². The van der Waals surface area contributed by atoms with Crippen molar-refractivity contribution >= 4 is 27.2 Å². The standard InChI is InChI=1S/C8H6N2O3S/c1-4-2-5(10(12)13)7-6(3-4)14-8(11)9-7/h2-3H,1H3,(H,9,11). The van der Waals surface area contributed by atoms with E-state index in [4.69, 9.17) is 0 Å². The van der Waals surface area contributed by atoms with E-state index in [1.54, 1.807) is 13.0 Å². The molecule has 1 N–H and O–H groups in total. The van der Waals surface area contributed by atoms with Crippen LogP contribution in [0.4, 0.5) is 5.69 Å². The van der Waals surface area contributed by atoms with Gasteiger partial charge in [-0.1, -0.05) is 11.3 Å².